The van der Waals surface area contributed by atoms with E-state index >= 15 is 4.79 Å². The van der Waals surface area contributed by atoms with Crippen molar-refractivity contribution >= 4 is 29.1 Å². The van der Waals surface area contributed by atoms with Crippen molar-refractivity contribution in [3.63, 3.8) is 0 Å². The van der Waals surface area contributed by atoms with E-state index in [9.17, 15) is 9.59 Å². The van der Waals surface area contributed by atoms with Crippen molar-refractivity contribution in [3.8, 4) is 11.5 Å². The Hall–Kier alpha value is -4.97. The van der Waals surface area contributed by atoms with Crippen molar-refractivity contribution in [2.45, 2.75) is 38.3 Å². The molecule has 45 heavy (non-hydrogen) atoms. The summed E-state index contributed by atoms with van der Waals surface area (Å²) in [5, 5.41) is 0. The minimum atomic E-state index is -1.62. The van der Waals surface area contributed by atoms with Gasteiger partial charge in [-0.05, 0) is 47.7 Å². The Morgan fingerprint density at radius 2 is 1.51 bits per heavy atom. The van der Waals surface area contributed by atoms with Crippen LogP contribution in [0.15, 0.2) is 97.1 Å². The Labute approximate surface area is 263 Å². The number of carbonyl (C=O) groups excluding carboxylic acids is 3. The van der Waals surface area contributed by atoms with Crippen molar-refractivity contribution in [1.29, 1.82) is 0 Å². The second-order valence-electron chi connectivity index (χ2n) is 12.5. The Balaban J connectivity index is 1.52. The van der Waals surface area contributed by atoms with Gasteiger partial charge in [0, 0.05) is 33.9 Å². The molecule has 1 aliphatic carbocycles. The van der Waals surface area contributed by atoms with Gasteiger partial charge in [0.15, 0.2) is 17.3 Å². The molecule has 3 atom stereocenters. The molecule has 0 saturated carbocycles. The third-order valence-electron chi connectivity index (χ3n) is 9.64. The van der Waals surface area contributed by atoms with E-state index in [4.69, 9.17) is 9.47 Å². The number of hydrogen-bond acceptors (Lipinski definition) is 6. The standard InChI is InChI=1S/C39H35NO5/c1-23(2)21-24-13-15-26(16-14-24)36(41)35-34(30-22-27(44-3)18-19-32(30)45-4)39(37(42)28-10-6-7-11-29(28)38(39)43)33-20-17-25-9-5-8-12-31(25)40(33)35/h5-20,22-23,33-35H,21H2,1-4H3/t33?,34-,35+/m0/s1. The Morgan fingerprint density at radius 1 is 0.844 bits per heavy atom. The predicted molar refractivity (Wildman–Crippen MR) is 175 cm³/mol. The first-order valence-electron chi connectivity index (χ1n) is 15.4. The molecular weight excluding hydrogens is 562 g/mol. The zero-order chi connectivity index (χ0) is 31.5. The summed E-state index contributed by atoms with van der Waals surface area (Å²) in [6, 6.07) is 26.3. The average Bonchev–Trinajstić information content (AvgIpc) is 3.50. The second-order valence-corrected chi connectivity index (χ2v) is 12.5. The summed E-state index contributed by atoms with van der Waals surface area (Å²) in [6.07, 6.45) is 4.80. The van der Waals surface area contributed by atoms with E-state index in [0.29, 0.717) is 39.7 Å². The molecule has 0 aromatic heterocycles. The number of Topliss-reactive ketones (excluding diaryl/α,β-unsaturated/α-hetero) is 3. The summed E-state index contributed by atoms with van der Waals surface area (Å²) in [6.45, 7) is 4.33. The lowest BCUT2D eigenvalue weighted by Gasteiger charge is -2.37. The van der Waals surface area contributed by atoms with Gasteiger partial charge in [-0.25, -0.2) is 0 Å². The molecule has 0 radical (unpaired) electrons. The van der Waals surface area contributed by atoms with Gasteiger partial charge in [-0.3, -0.25) is 14.4 Å². The van der Waals surface area contributed by atoms with Gasteiger partial charge in [0.2, 0.25) is 0 Å². The summed E-state index contributed by atoms with van der Waals surface area (Å²) in [5.74, 6) is -0.104. The summed E-state index contributed by atoms with van der Waals surface area (Å²) < 4.78 is 11.5. The van der Waals surface area contributed by atoms with Crippen LogP contribution in [0.3, 0.4) is 0 Å². The highest BCUT2D eigenvalue weighted by Crippen LogP contribution is 2.62. The number of ether oxygens (including phenoxy) is 2. The molecule has 1 saturated heterocycles. The molecule has 4 aromatic carbocycles. The van der Waals surface area contributed by atoms with Gasteiger partial charge >= 0.3 is 0 Å². The van der Waals surface area contributed by atoms with E-state index in [0.717, 1.165) is 23.2 Å². The van der Waals surface area contributed by atoms with Gasteiger partial charge in [-0.15, -0.1) is 0 Å². The van der Waals surface area contributed by atoms with Gasteiger partial charge in [0.05, 0.1) is 20.3 Å². The molecular formula is C39H35NO5. The van der Waals surface area contributed by atoms with E-state index in [1.54, 1.807) is 50.6 Å². The van der Waals surface area contributed by atoms with E-state index in [1.165, 1.54) is 0 Å². The molecule has 2 heterocycles. The number of fused-ring (bicyclic) bond motifs is 5. The Kier molecular flexibility index (Phi) is 6.96. The van der Waals surface area contributed by atoms with Gasteiger partial charge in [-0.1, -0.05) is 92.7 Å². The average molecular weight is 598 g/mol. The summed E-state index contributed by atoms with van der Waals surface area (Å²) in [7, 11) is 3.13. The summed E-state index contributed by atoms with van der Waals surface area (Å²) >= 11 is 0. The number of hydrogen-bond donors (Lipinski definition) is 0. The number of ketones is 3. The van der Waals surface area contributed by atoms with Gasteiger partial charge in [0.1, 0.15) is 23.0 Å². The monoisotopic (exact) mass is 597 g/mol. The van der Waals surface area contributed by atoms with Crippen LogP contribution in [0.4, 0.5) is 5.69 Å². The third-order valence-corrected chi connectivity index (χ3v) is 9.64. The van der Waals surface area contributed by atoms with Crippen molar-refractivity contribution in [2.75, 3.05) is 19.1 Å². The first-order valence-corrected chi connectivity index (χ1v) is 15.4. The van der Waals surface area contributed by atoms with Gasteiger partial charge in [-0.2, -0.15) is 0 Å². The molecule has 1 spiro atoms. The number of methoxy groups -OCH3 is 2. The molecule has 6 nitrogen and oxygen atoms in total. The normalized spacial score (nSPS) is 20.7. The fourth-order valence-electron chi connectivity index (χ4n) is 7.79. The lowest BCUT2D eigenvalue weighted by atomic mass is 9.64. The number of carbonyl (C=O) groups is 3. The first-order chi connectivity index (χ1) is 21.8. The molecule has 3 aliphatic rings. The minimum absolute atomic E-state index is 0.162. The molecule has 7 rings (SSSR count). The van der Waals surface area contributed by atoms with Crippen LogP contribution in [-0.2, 0) is 6.42 Å². The van der Waals surface area contributed by atoms with Crippen LogP contribution in [0.5, 0.6) is 11.5 Å². The van der Waals surface area contributed by atoms with E-state index in [-0.39, 0.29) is 17.3 Å². The van der Waals surface area contributed by atoms with E-state index in [1.807, 2.05) is 71.6 Å². The molecule has 2 aliphatic heterocycles. The largest absolute Gasteiger partial charge is 0.497 e. The van der Waals surface area contributed by atoms with Gasteiger partial charge < -0.3 is 14.4 Å². The van der Waals surface area contributed by atoms with Gasteiger partial charge in [0.25, 0.3) is 0 Å². The SMILES string of the molecule is COc1ccc(OC)c([C@H]2[C@H](C(=O)c3ccc(CC(C)C)cc3)N3c4ccccc4C=CC3C23C(=O)c2ccccc2C3=O)c1. The number of anilines is 1. The number of para-hydroxylation sites is 1. The quantitative estimate of drug-likeness (QED) is 0.166. The molecule has 0 bridgehead atoms. The van der Waals surface area contributed by atoms with Crippen LogP contribution in [0.2, 0.25) is 0 Å². The Bertz CT molecular complexity index is 1840. The number of benzene rings is 4. The molecule has 226 valence electrons. The van der Waals surface area contributed by atoms with Crippen molar-refractivity contribution in [3.05, 3.63) is 130 Å². The number of rotatable bonds is 7. The minimum Gasteiger partial charge on any atom is -0.497 e. The molecule has 0 N–H and O–H groups in total. The van der Waals surface area contributed by atoms with Crippen LogP contribution >= 0.6 is 0 Å². The number of nitrogens with zero attached hydrogens (tertiary/aromatic N) is 1. The fourth-order valence-corrected chi connectivity index (χ4v) is 7.79. The van der Waals surface area contributed by atoms with E-state index < -0.39 is 23.4 Å². The molecule has 4 aromatic rings. The summed E-state index contributed by atoms with van der Waals surface area (Å²) in [5.41, 5.74) is 3.13. The summed E-state index contributed by atoms with van der Waals surface area (Å²) in [4.78, 5) is 46.9. The van der Waals surface area contributed by atoms with Crippen LogP contribution in [0, 0.1) is 11.3 Å². The maximum Gasteiger partial charge on any atom is 0.185 e. The Morgan fingerprint density at radius 3 is 2.16 bits per heavy atom. The van der Waals surface area contributed by atoms with E-state index in [2.05, 4.69) is 13.8 Å². The highest BCUT2D eigenvalue weighted by molar-refractivity contribution is 6.32. The zero-order valence-corrected chi connectivity index (χ0v) is 25.8. The van der Waals surface area contributed by atoms with Crippen molar-refractivity contribution in [1.82, 2.24) is 0 Å². The topological polar surface area (TPSA) is 72.9 Å². The molecule has 1 unspecified atom stereocenters. The maximum atomic E-state index is 15.0. The van der Waals surface area contributed by atoms with Crippen molar-refractivity contribution in [2.24, 2.45) is 11.3 Å². The lowest BCUT2D eigenvalue weighted by molar-refractivity contribution is 0.0664. The van der Waals surface area contributed by atoms with Crippen LogP contribution in [0.25, 0.3) is 6.08 Å². The maximum absolute atomic E-state index is 15.0. The highest BCUT2D eigenvalue weighted by Gasteiger charge is 2.72. The predicted octanol–water partition coefficient (Wildman–Crippen LogP) is 7.22. The van der Waals surface area contributed by atoms with Crippen LogP contribution < -0.4 is 14.4 Å². The highest BCUT2D eigenvalue weighted by atomic mass is 16.5. The lowest BCUT2D eigenvalue weighted by Crippen LogP contribution is -2.48. The fraction of sp³-hybridized carbons (Fsp3) is 0.256. The third kappa shape index (κ3) is 4.19. The van der Waals surface area contributed by atoms with Crippen LogP contribution in [-0.4, -0.2) is 43.7 Å². The molecule has 1 fully saturated rings. The second kappa shape index (κ2) is 10.9. The molecule has 6 heteroatoms. The smallest absolute Gasteiger partial charge is 0.185 e. The van der Waals surface area contributed by atoms with Crippen LogP contribution in [0.1, 0.15) is 67.5 Å². The van der Waals surface area contributed by atoms with Crippen molar-refractivity contribution < 1.29 is 23.9 Å². The first kappa shape index (κ1) is 28.8. The molecule has 0 amide bonds. The zero-order valence-electron chi connectivity index (χ0n) is 25.8.